The second-order valence-electron chi connectivity index (χ2n) is 4.52. The predicted octanol–water partition coefficient (Wildman–Crippen LogP) is 0.204. The third kappa shape index (κ3) is 16.3. The van der Waals surface area contributed by atoms with E-state index in [2.05, 4.69) is 5.32 Å². The van der Waals surface area contributed by atoms with Gasteiger partial charge in [0.25, 0.3) is 0 Å². The van der Waals surface area contributed by atoms with Gasteiger partial charge in [0.15, 0.2) is 0 Å². The Balaban J connectivity index is -0.000000605. The molecule has 0 amide bonds. The Bertz CT molecular complexity index is 550. The van der Waals surface area contributed by atoms with Crippen molar-refractivity contribution in [3.63, 3.8) is 0 Å². The molecule has 0 saturated heterocycles. The maximum absolute atomic E-state index is 11.0. The first-order valence-corrected chi connectivity index (χ1v) is 10.1. The van der Waals surface area contributed by atoms with Gasteiger partial charge in [-0.15, -0.1) is 0 Å². The molecule has 0 spiro atoms. The summed E-state index contributed by atoms with van der Waals surface area (Å²) in [7, 11) is -9.85. The molecule has 1 aromatic rings. The Morgan fingerprint density at radius 1 is 0.923 bits per heavy atom. The Kier molecular flexibility index (Phi) is 25.8. The third-order valence-corrected chi connectivity index (χ3v) is 6.31. The Morgan fingerprint density at radius 3 is 1.81 bits per heavy atom. The fourth-order valence-corrected chi connectivity index (χ4v) is 4.04. The number of rotatable bonds is 9. The van der Waals surface area contributed by atoms with E-state index >= 15 is 0 Å². The van der Waals surface area contributed by atoms with Gasteiger partial charge in [0.05, 0.1) is 6.61 Å². The van der Waals surface area contributed by atoms with Crippen LogP contribution in [0.3, 0.4) is 0 Å². The molecule has 0 fully saturated rings. The summed E-state index contributed by atoms with van der Waals surface area (Å²) in [5, 5.41) is 2.80. The normalized spacial score (nSPS) is 10.7. The van der Waals surface area contributed by atoms with Crippen molar-refractivity contribution in [2.24, 2.45) is 0 Å². The van der Waals surface area contributed by atoms with Crippen molar-refractivity contribution in [1.29, 1.82) is 0 Å². The molecular formula is C11H18ClNNa4O7P2. The average molecular weight is 466 g/mol. The van der Waals surface area contributed by atoms with Gasteiger partial charge in [0, 0.05) is 123 Å². The summed E-state index contributed by atoms with van der Waals surface area (Å²) >= 11 is 5.73. The van der Waals surface area contributed by atoms with E-state index in [9.17, 15) is 9.13 Å². The Morgan fingerprint density at radius 2 is 1.38 bits per heavy atom. The fourth-order valence-electron chi connectivity index (χ4n) is 1.61. The van der Waals surface area contributed by atoms with Gasteiger partial charge in [0.1, 0.15) is 5.75 Å². The van der Waals surface area contributed by atoms with Crippen LogP contribution in [0.2, 0.25) is 5.02 Å². The van der Waals surface area contributed by atoms with Gasteiger partial charge in [-0.25, -0.2) is 0 Å². The molecule has 0 saturated carbocycles. The number of unbranched alkanes of at least 4 members (excludes halogenated alkanes) is 1. The van der Waals surface area contributed by atoms with E-state index in [0.29, 0.717) is 30.2 Å². The zero-order chi connectivity index (χ0) is 16.8. The average Bonchev–Trinajstić information content (AvgIpc) is 2.36. The number of hydrogen-bond donors (Lipinski definition) is 5. The monoisotopic (exact) mass is 465 g/mol. The van der Waals surface area contributed by atoms with Gasteiger partial charge < -0.3 is 24.3 Å². The summed E-state index contributed by atoms with van der Waals surface area (Å²) in [6.07, 6.45) is 0.981. The fraction of sp³-hybridized carbons (Fsp3) is 0.455. The van der Waals surface area contributed by atoms with Crippen LogP contribution in [-0.4, -0.2) is 156 Å². The molecule has 1 rings (SSSR count). The van der Waals surface area contributed by atoms with Crippen molar-refractivity contribution in [3.8, 4) is 5.75 Å². The number of nitrogens with one attached hydrogen (secondary N) is 1. The second kappa shape index (κ2) is 18.2. The summed E-state index contributed by atoms with van der Waals surface area (Å²) in [6.45, 7) is 0.407. The molecule has 0 aliphatic rings. The van der Waals surface area contributed by atoms with E-state index in [-0.39, 0.29) is 125 Å². The number of hydrogen-bond acceptors (Lipinski definition) is 4. The van der Waals surface area contributed by atoms with E-state index < -0.39 is 20.7 Å². The van der Waals surface area contributed by atoms with Crippen LogP contribution in [0.4, 0.5) is 0 Å². The summed E-state index contributed by atoms with van der Waals surface area (Å²) < 4.78 is 27.4. The largest absolute Gasteiger partial charge is 0.494 e. The summed E-state index contributed by atoms with van der Waals surface area (Å²) in [4.78, 5) is 35.6. The molecule has 5 N–H and O–H groups in total. The van der Waals surface area contributed by atoms with E-state index in [1.807, 2.05) is 0 Å². The van der Waals surface area contributed by atoms with Crippen molar-refractivity contribution in [2.45, 2.75) is 18.4 Å². The van der Waals surface area contributed by atoms with E-state index in [4.69, 9.17) is 35.9 Å². The first kappa shape index (κ1) is 36.9. The van der Waals surface area contributed by atoms with Crippen LogP contribution in [0, 0.1) is 0 Å². The van der Waals surface area contributed by atoms with Crippen LogP contribution in [0.15, 0.2) is 24.3 Å². The quantitative estimate of drug-likeness (QED) is 0.198. The maximum Gasteiger partial charge on any atom is 0.354 e. The SMILES string of the molecule is O=P(O)(O)C(NCCCCOc1ccc(Cl)cc1)P(=O)(O)O.[Na].[Na].[Na].[Na]. The number of halogens is 1. The van der Waals surface area contributed by atoms with Crippen LogP contribution < -0.4 is 10.1 Å². The van der Waals surface area contributed by atoms with Gasteiger partial charge >= 0.3 is 15.2 Å². The van der Waals surface area contributed by atoms with E-state index in [0.717, 1.165) is 0 Å². The van der Waals surface area contributed by atoms with Gasteiger partial charge in [-0.05, 0) is 43.7 Å². The summed E-state index contributed by atoms with van der Waals surface area (Å²) in [5.41, 5.74) is -2.17. The molecule has 1 aromatic carbocycles. The minimum Gasteiger partial charge on any atom is -0.494 e. The molecule has 26 heavy (non-hydrogen) atoms. The van der Waals surface area contributed by atoms with Crippen LogP contribution in [0.5, 0.6) is 5.75 Å². The van der Waals surface area contributed by atoms with Crippen LogP contribution in [-0.2, 0) is 9.13 Å². The zero-order valence-corrected chi connectivity index (χ0v) is 26.0. The minimum absolute atomic E-state index is 0. The molecule has 4 radical (unpaired) electrons. The maximum atomic E-state index is 11.0. The molecule has 0 bridgehead atoms. The molecule has 0 aromatic heterocycles. The van der Waals surface area contributed by atoms with Gasteiger partial charge in [-0.1, -0.05) is 11.6 Å². The van der Waals surface area contributed by atoms with E-state index in [1.54, 1.807) is 24.3 Å². The molecule has 130 valence electrons. The molecule has 0 atom stereocenters. The van der Waals surface area contributed by atoms with Gasteiger partial charge in [-0.2, -0.15) is 0 Å². The molecule has 0 unspecified atom stereocenters. The summed E-state index contributed by atoms with van der Waals surface area (Å²) in [5.74, 6) is 0.640. The Hall–Kier alpha value is 3.57. The molecule has 0 aliphatic carbocycles. The smallest absolute Gasteiger partial charge is 0.354 e. The predicted molar refractivity (Wildman–Crippen MR) is 105 cm³/mol. The standard InChI is InChI=1S/C11H18ClNO7P2.4Na/c12-9-3-5-10(6-4-9)20-8-2-1-7-13-11(21(14,15)16)22(17,18)19;;;;/h3-6,11,13H,1-2,7-8H2,(H2,14,15,16)(H2,17,18,19);;;;. The Labute approximate surface area is 246 Å². The molecule has 15 heteroatoms. The zero-order valence-electron chi connectivity index (χ0n) is 15.5. The number of ether oxygens (including phenoxy) is 1. The van der Waals surface area contributed by atoms with Crippen molar-refractivity contribution in [2.75, 3.05) is 13.2 Å². The summed E-state index contributed by atoms with van der Waals surface area (Å²) in [6, 6.07) is 6.78. The molecule has 0 heterocycles. The molecule has 0 aliphatic heterocycles. The first-order valence-electron chi connectivity index (χ1n) is 6.33. The van der Waals surface area contributed by atoms with Crippen LogP contribution in [0.1, 0.15) is 12.8 Å². The second-order valence-corrected chi connectivity index (χ2v) is 8.75. The van der Waals surface area contributed by atoms with Gasteiger partial charge in [0.2, 0.25) is 5.52 Å². The molecular weight excluding hydrogens is 447 g/mol. The topological polar surface area (TPSA) is 136 Å². The minimum atomic E-state index is -4.92. The van der Waals surface area contributed by atoms with Crippen molar-refractivity contribution >= 4 is 145 Å². The van der Waals surface area contributed by atoms with Crippen molar-refractivity contribution in [3.05, 3.63) is 29.3 Å². The van der Waals surface area contributed by atoms with Crippen LogP contribution >= 0.6 is 26.8 Å². The molecule has 8 nitrogen and oxygen atoms in total. The third-order valence-electron chi connectivity index (χ3n) is 2.62. The van der Waals surface area contributed by atoms with E-state index in [1.165, 1.54) is 0 Å². The number of benzene rings is 1. The van der Waals surface area contributed by atoms with Gasteiger partial charge in [-0.3, -0.25) is 14.4 Å². The first-order chi connectivity index (χ1) is 10.1. The van der Waals surface area contributed by atoms with Crippen LogP contribution in [0.25, 0.3) is 0 Å². The van der Waals surface area contributed by atoms with Crippen molar-refractivity contribution < 1.29 is 33.4 Å². The van der Waals surface area contributed by atoms with Crippen molar-refractivity contribution in [1.82, 2.24) is 5.32 Å².